The standard InChI is InChI=1S/C26H19ClN2/c27-22-15-13-18(14-16-22)20-9-6-10-21(17-20)26-28-24-12-5-4-11-23(24)25(29-26)19-7-2-1-3-8-19/h1-17,26,28H. The number of aliphatic imine (C=N–C) groups is 1. The topological polar surface area (TPSA) is 24.4 Å². The minimum absolute atomic E-state index is 0.146. The Balaban J connectivity index is 1.58. The van der Waals surface area contributed by atoms with E-state index in [0.717, 1.165) is 44.2 Å². The number of rotatable bonds is 3. The van der Waals surface area contributed by atoms with Crippen molar-refractivity contribution in [3.8, 4) is 11.1 Å². The second kappa shape index (κ2) is 7.57. The predicted molar refractivity (Wildman–Crippen MR) is 122 cm³/mol. The van der Waals surface area contributed by atoms with Crippen molar-refractivity contribution in [3.63, 3.8) is 0 Å². The van der Waals surface area contributed by atoms with E-state index in [1.807, 2.05) is 30.3 Å². The van der Waals surface area contributed by atoms with Gasteiger partial charge in [-0.2, -0.15) is 0 Å². The third kappa shape index (κ3) is 3.55. The van der Waals surface area contributed by atoms with Gasteiger partial charge in [0, 0.05) is 21.8 Å². The van der Waals surface area contributed by atoms with Crippen molar-refractivity contribution >= 4 is 23.0 Å². The molecule has 0 amide bonds. The van der Waals surface area contributed by atoms with E-state index >= 15 is 0 Å². The van der Waals surface area contributed by atoms with Gasteiger partial charge in [-0.25, -0.2) is 0 Å². The molecule has 1 N–H and O–H groups in total. The summed E-state index contributed by atoms with van der Waals surface area (Å²) < 4.78 is 0. The Bertz CT molecular complexity index is 1180. The van der Waals surface area contributed by atoms with Crippen molar-refractivity contribution in [1.82, 2.24) is 0 Å². The molecule has 2 nitrogen and oxygen atoms in total. The second-order valence-corrected chi connectivity index (χ2v) is 7.50. The normalized spacial score (nSPS) is 15.2. The van der Waals surface area contributed by atoms with Crippen molar-refractivity contribution in [2.45, 2.75) is 6.17 Å². The molecule has 140 valence electrons. The number of para-hydroxylation sites is 1. The lowest BCUT2D eigenvalue weighted by atomic mass is 9.96. The Hall–Kier alpha value is -3.36. The summed E-state index contributed by atoms with van der Waals surface area (Å²) in [4.78, 5) is 5.10. The molecule has 0 aliphatic carbocycles. The average Bonchev–Trinajstić information content (AvgIpc) is 2.79. The summed E-state index contributed by atoms with van der Waals surface area (Å²) in [6.07, 6.45) is -0.146. The number of benzene rings is 4. The van der Waals surface area contributed by atoms with Gasteiger partial charge in [0.2, 0.25) is 0 Å². The zero-order valence-corrected chi connectivity index (χ0v) is 16.5. The van der Waals surface area contributed by atoms with Gasteiger partial charge in [-0.3, -0.25) is 4.99 Å². The zero-order chi connectivity index (χ0) is 19.6. The van der Waals surface area contributed by atoms with E-state index in [2.05, 4.69) is 78.1 Å². The van der Waals surface area contributed by atoms with Crippen LogP contribution in [0.4, 0.5) is 5.69 Å². The molecule has 5 rings (SSSR count). The van der Waals surface area contributed by atoms with Gasteiger partial charge in [0.15, 0.2) is 0 Å². The van der Waals surface area contributed by atoms with Gasteiger partial charge in [0.05, 0.1) is 5.71 Å². The number of hydrogen-bond donors (Lipinski definition) is 1. The fourth-order valence-corrected chi connectivity index (χ4v) is 3.83. The van der Waals surface area contributed by atoms with Crippen LogP contribution in [0.5, 0.6) is 0 Å². The van der Waals surface area contributed by atoms with Gasteiger partial charge in [-0.05, 0) is 41.0 Å². The van der Waals surface area contributed by atoms with Crippen molar-refractivity contribution in [2.24, 2.45) is 4.99 Å². The first kappa shape index (κ1) is 17.7. The molecule has 0 bridgehead atoms. The molecule has 1 aliphatic heterocycles. The smallest absolute Gasteiger partial charge is 0.145 e. The Morgan fingerprint density at radius 1 is 0.655 bits per heavy atom. The first-order valence-corrected chi connectivity index (χ1v) is 10.0. The zero-order valence-electron chi connectivity index (χ0n) is 15.7. The van der Waals surface area contributed by atoms with Crippen LogP contribution in [0.3, 0.4) is 0 Å². The highest BCUT2D eigenvalue weighted by atomic mass is 35.5. The highest BCUT2D eigenvalue weighted by Gasteiger charge is 2.22. The molecule has 3 heteroatoms. The maximum atomic E-state index is 6.05. The Labute approximate surface area is 175 Å². The lowest BCUT2D eigenvalue weighted by Gasteiger charge is -2.26. The van der Waals surface area contributed by atoms with E-state index in [-0.39, 0.29) is 6.17 Å². The Morgan fingerprint density at radius 2 is 1.38 bits per heavy atom. The van der Waals surface area contributed by atoms with E-state index in [4.69, 9.17) is 16.6 Å². The predicted octanol–water partition coefficient (Wildman–Crippen LogP) is 6.97. The third-order valence-corrected chi connectivity index (χ3v) is 5.41. The van der Waals surface area contributed by atoms with Crippen molar-refractivity contribution in [3.05, 3.63) is 125 Å². The molecule has 0 fully saturated rings. The van der Waals surface area contributed by atoms with Gasteiger partial charge in [0.25, 0.3) is 0 Å². The monoisotopic (exact) mass is 394 g/mol. The number of halogens is 1. The maximum absolute atomic E-state index is 6.05. The molecule has 0 radical (unpaired) electrons. The SMILES string of the molecule is Clc1ccc(-c2cccc(C3N=C(c4ccccc4)c4ccccc4N3)c2)cc1. The fourth-order valence-electron chi connectivity index (χ4n) is 3.71. The average molecular weight is 395 g/mol. The lowest BCUT2D eigenvalue weighted by Crippen LogP contribution is -2.20. The molecular formula is C26H19ClN2. The molecule has 4 aromatic carbocycles. The van der Waals surface area contributed by atoms with Crippen LogP contribution in [0.1, 0.15) is 22.9 Å². The highest BCUT2D eigenvalue weighted by molar-refractivity contribution is 6.30. The number of fused-ring (bicyclic) bond motifs is 1. The highest BCUT2D eigenvalue weighted by Crippen LogP contribution is 2.33. The van der Waals surface area contributed by atoms with Crippen LogP contribution in [0, 0.1) is 0 Å². The van der Waals surface area contributed by atoms with Crippen molar-refractivity contribution in [1.29, 1.82) is 0 Å². The number of nitrogens with one attached hydrogen (secondary N) is 1. The lowest BCUT2D eigenvalue weighted by molar-refractivity contribution is 0.828. The fraction of sp³-hybridized carbons (Fsp3) is 0.0385. The molecule has 4 aromatic rings. The van der Waals surface area contributed by atoms with Crippen LogP contribution in [0.25, 0.3) is 11.1 Å². The van der Waals surface area contributed by atoms with Gasteiger partial charge in [0.1, 0.15) is 6.17 Å². The van der Waals surface area contributed by atoms with E-state index < -0.39 is 0 Å². The molecule has 1 aliphatic rings. The van der Waals surface area contributed by atoms with Gasteiger partial charge in [-0.1, -0.05) is 90.5 Å². The summed E-state index contributed by atoms with van der Waals surface area (Å²) in [5.41, 5.74) is 7.78. The summed E-state index contributed by atoms with van der Waals surface area (Å²) in [5, 5.41) is 4.34. The molecule has 1 heterocycles. The van der Waals surface area contributed by atoms with Crippen LogP contribution >= 0.6 is 11.6 Å². The molecule has 29 heavy (non-hydrogen) atoms. The molecule has 0 spiro atoms. The van der Waals surface area contributed by atoms with Crippen molar-refractivity contribution < 1.29 is 0 Å². The van der Waals surface area contributed by atoms with E-state index in [1.165, 1.54) is 0 Å². The molecule has 0 saturated carbocycles. The quantitative estimate of drug-likeness (QED) is 0.398. The summed E-state index contributed by atoms with van der Waals surface area (Å²) >= 11 is 6.05. The summed E-state index contributed by atoms with van der Waals surface area (Å²) in [5.74, 6) is 0. The van der Waals surface area contributed by atoms with Crippen LogP contribution in [0.2, 0.25) is 5.02 Å². The van der Waals surface area contributed by atoms with Crippen LogP contribution < -0.4 is 5.32 Å². The van der Waals surface area contributed by atoms with Gasteiger partial charge in [-0.15, -0.1) is 0 Å². The number of hydrogen-bond acceptors (Lipinski definition) is 2. The van der Waals surface area contributed by atoms with Gasteiger partial charge < -0.3 is 5.32 Å². The largest absolute Gasteiger partial charge is 0.360 e. The van der Waals surface area contributed by atoms with E-state index in [1.54, 1.807) is 0 Å². The molecule has 0 aromatic heterocycles. The van der Waals surface area contributed by atoms with Crippen LogP contribution in [-0.2, 0) is 0 Å². The first-order valence-electron chi connectivity index (χ1n) is 9.63. The van der Waals surface area contributed by atoms with Crippen LogP contribution in [0.15, 0.2) is 108 Å². The second-order valence-electron chi connectivity index (χ2n) is 7.07. The minimum Gasteiger partial charge on any atom is -0.360 e. The van der Waals surface area contributed by atoms with Crippen molar-refractivity contribution in [2.75, 3.05) is 5.32 Å². The number of nitrogens with zero attached hydrogens (tertiary/aromatic N) is 1. The van der Waals surface area contributed by atoms with Crippen LogP contribution in [-0.4, -0.2) is 5.71 Å². The van der Waals surface area contributed by atoms with Gasteiger partial charge >= 0.3 is 0 Å². The third-order valence-electron chi connectivity index (χ3n) is 5.16. The maximum Gasteiger partial charge on any atom is 0.145 e. The van der Waals surface area contributed by atoms with E-state index in [0.29, 0.717) is 0 Å². The summed E-state index contributed by atoms with van der Waals surface area (Å²) in [7, 11) is 0. The summed E-state index contributed by atoms with van der Waals surface area (Å²) in [6.45, 7) is 0. The molecule has 1 atom stereocenters. The number of anilines is 1. The molecule has 0 saturated heterocycles. The Morgan fingerprint density at radius 3 is 2.21 bits per heavy atom. The minimum atomic E-state index is -0.146. The molecule has 1 unspecified atom stereocenters. The van der Waals surface area contributed by atoms with E-state index in [9.17, 15) is 0 Å². The molecular weight excluding hydrogens is 376 g/mol. The Kier molecular flexibility index (Phi) is 4.63. The summed E-state index contributed by atoms with van der Waals surface area (Å²) in [6, 6.07) is 35.2. The first-order chi connectivity index (χ1) is 14.3.